The Kier molecular flexibility index (Phi) is 9.02. The highest BCUT2D eigenvalue weighted by Gasteiger charge is 2.19. The number of carbonyl (C=O) groups excluding carboxylic acids is 2. The summed E-state index contributed by atoms with van der Waals surface area (Å²) in [4.78, 5) is 21.8. The lowest BCUT2D eigenvalue weighted by Crippen LogP contribution is -2.27. The van der Waals surface area contributed by atoms with Crippen molar-refractivity contribution in [1.82, 2.24) is 0 Å². The molecule has 0 rings (SSSR count). The summed E-state index contributed by atoms with van der Waals surface area (Å²) in [6.45, 7) is 9.25. The Morgan fingerprint density at radius 1 is 1.16 bits per heavy atom. The van der Waals surface area contributed by atoms with Crippen LogP contribution in [0.1, 0.15) is 53.4 Å². The van der Waals surface area contributed by atoms with Gasteiger partial charge in [-0.25, -0.2) is 0 Å². The smallest absolute Gasteiger partial charge is 0.306 e. The zero-order valence-electron chi connectivity index (χ0n) is 12.3. The monoisotopic (exact) mass is 292 g/mol. The first-order valence-corrected chi connectivity index (χ1v) is 7.08. The summed E-state index contributed by atoms with van der Waals surface area (Å²) in [5.41, 5.74) is -0.308. The Hall–Kier alpha value is -0.610. The van der Waals surface area contributed by atoms with Gasteiger partial charge in [-0.05, 0) is 37.8 Å². The molecule has 0 unspecified atom stereocenters. The molecule has 0 N–H and O–H groups in total. The van der Waals surface area contributed by atoms with Gasteiger partial charge in [0.25, 0.3) is 0 Å². The van der Waals surface area contributed by atoms with Crippen molar-refractivity contribution in [1.29, 1.82) is 0 Å². The van der Waals surface area contributed by atoms with E-state index in [4.69, 9.17) is 21.1 Å². The van der Waals surface area contributed by atoms with Crippen LogP contribution in [-0.2, 0) is 19.1 Å². The van der Waals surface area contributed by atoms with E-state index in [1.165, 1.54) is 0 Å². The van der Waals surface area contributed by atoms with E-state index in [9.17, 15) is 9.59 Å². The molecule has 0 saturated heterocycles. The van der Waals surface area contributed by atoms with E-state index >= 15 is 0 Å². The Morgan fingerprint density at radius 2 is 1.79 bits per heavy atom. The number of ether oxygens (including phenoxy) is 2. The van der Waals surface area contributed by atoms with Gasteiger partial charge in [-0.3, -0.25) is 9.59 Å². The van der Waals surface area contributed by atoms with Gasteiger partial charge >= 0.3 is 5.97 Å². The first kappa shape index (κ1) is 18.4. The van der Waals surface area contributed by atoms with E-state index in [0.717, 1.165) is 6.42 Å². The molecule has 112 valence electrons. The highest BCUT2D eigenvalue weighted by Crippen LogP contribution is 2.16. The molecule has 4 nitrogen and oxygen atoms in total. The Morgan fingerprint density at radius 3 is 2.32 bits per heavy atom. The molecule has 0 aromatic heterocycles. The average molecular weight is 293 g/mol. The van der Waals surface area contributed by atoms with Crippen LogP contribution in [0.2, 0.25) is 0 Å². The van der Waals surface area contributed by atoms with E-state index < -0.39 is 11.2 Å². The van der Waals surface area contributed by atoms with Gasteiger partial charge in [-0.2, -0.15) is 0 Å². The number of hydrogen-bond acceptors (Lipinski definition) is 4. The van der Waals surface area contributed by atoms with Crippen LogP contribution in [0, 0.1) is 5.92 Å². The highest BCUT2D eigenvalue weighted by atomic mass is 35.5. The van der Waals surface area contributed by atoms with E-state index in [0.29, 0.717) is 25.6 Å². The third kappa shape index (κ3) is 12.2. The fourth-order valence-electron chi connectivity index (χ4n) is 1.33. The van der Waals surface area contributed by atoms with Gasteiger partial charge in [0.2, 0.25) is 5.24 Å². The van der Waals surface area contributed by atoms with E-state index in [2.05, 4.69) is 13.8 Å². The second kappa shape index (κ2) is 9.32. The largest absolute Gasteiger partial charge is 0.466 e. The summed E-state index contributed by atoms with van der Waals surface area (Å²) in [6.07, 6.45) is 1.71. The average Bonchev–Trinajstić information content (AvgIpc) is 2.25. The molecule has 0 atom stereocenters. The minimum Gasteiger partial charge on any atom is -0.466 e. The molecule has 0 aliphatic heterocycles. The van der Waals surface area contributed by atoms with Crippen molar-refractivity contribution >= 4 is 22.8 Å². The van der Waals surface area contributed by atoms with Crippen LogP contribution < -0.4 is 0 Å². The lowest BCUT2D eigenvalue weighted by molar-refractivity contribution is -0.146. The zero-order valence-corrected chi connectivity index (χ0v) is 13.1. The van der Waals surface area contributed by atoms with Crippen LogP contribution >= 0.6 is 11.6 Å². The van der Waals surface area contributed by atoms with E-state index in [1.807, 2.05) is 13.8 Å². The maximum Gasteiger partial charge on any atom is 0.306 e. The molecular formula is C14H25ClO4. The van der Waals surface area contributed by atoms with Gasteiger partial charge in [0.05, 0.1) is 18.6 Å². The van der Waals surface area contributed by atoms with E-state index in [1.54, 1.807) is 0 Å². The second-order valence-electron chi connectivity index (χ2n) is 5.62. The van der Waals surface area contributed by atoms with Gasteiger partial charge in [0.1, 0.15) is 0 Å². The molecule has 0 saturated carbocycles. The van der Waals surface area contributed by atoms with Crippen molar-refractivity contribution < 1.29 is 19.1 Å². The van der Waals surface area contributed by atoms with Gasteiger partial charge in [-0.15, -0.1) is 0 Å². The Labute approximate surface area is 120 Å². The third-order valence-electron chi connectivity index (χ3n) is 2.68. The fourth-order valence-corrected chi connectivity index (χ4v) is 1.42. The molecule has 0 aromatic rings. The highest BCUT2D eigenvalue weighted by molar-refractivity contribution is 6.63. The molecule has 0 heterocycles. The first-order chi connectivity index (χ1) is 8.73. The van der Waals surface area contributed by atoms with Crippen molar-refractivity contribution in [2.45, 2.75) is 59.0 Å². The molecular weight excluding hydrogens is 268 g/mol. The minimum absolute atomic E-state index is 0.0225. The molecule has 0 aromatic carbocycles. The first-order valence-electron chi connectivity index (χ1n) is 6.71. The van der Waals surface area contributed by atoms with Crippen molar-refractivity contribution in [3.63, 3.8) is 0 Å². The molecule has 0 bridgehead atoms. The zero-order chi connectivity index (χ0) is 14.9. The van der Waals surface area contributed by atoms with Gasteiger partial charge < -0.3 is 9.47 Å². The van der Waals surface area contributed by atoms with Crippen molar-refractivity contribution in [2.75, 3.05) is 13.2 Å². The maximum atomic E-state index is 11.3. The molecule has 0 aliphatic rings. The quantitative estimate of drug-likeness (QED) is 0.458. The summed E-state index contributed by atoms with van der Waals surface area (Å²) in [6, 6.07) is 0. The lowest BCUT2D eigenvalue weighted by atomic mass is 10.1. The van der Waals surface area contributed by atoms with Crippen LogP contribution in [0.15, 0.2) is 0 Å². The third-order valence-corrected chi connectivity index (χ3v) is 2.87. The Balaban J connectivity index is 3.72. The van der Waals surface area contributed by atoms with Crippen molar-refractivity contribution in [3.8, 4) is 0 Å². The SMILES string of the molecule is CC(C)CCOC(C)(C)CCOC(=O)CCC(=O)Cl. The molecule has 0 spiro atoms. The number of halogens is 1. The molecule has 19 heavy (non-hydrogen) atoms. The number of esters is 1. The maximum absolute atomic E-state index is 11.3. The second-order valence-corrected chi connectivity index (χ2v) is 6.04. The van der Waals surface area contributed by atoms with Crippen molar-refractivity contribution in [2.24, 2.45) is 5.92 Å². The summed E-state index contributed by atoms with van der Waals surface area (Å²) < 4.78 is 10.8. The van der Waals surface area contributed by atoms with Crippen LogP contribution in [0.3, 0.4) is 0 Å². The predicted octanol–water partition coefficient (Wildman–Crippen LogP) is 3.31. The minimum atomic E-state index is -0.519. The summed E-state index contributed by atoms with van der Waals surface area (Å²) >= 11 is 5.14. The standard InChI is InChI=1S/C14H25ClO4/c1-11(2)7-9-19-14(3,4)8-10-18-13(17)6-5-12(15)16/h11H,5-10H2,1-4H3. The topological polar surface area (TPSA) is 52.6 Å². The van der Waals surface area contributed by atoms with Crippen LogP contribution in [-0.4, -0.2) is 30.0 Å². The van der Waals surface area contributed by atoms with Crippen LogP contribution in [0.4, 0.5) is 0 Å². The van der Waals surface area contributed by atoms with Gasteiger partial charge in [0.15, 0.2) is 0 Å². The molecule has 5 heteroatoms. The summed E-state index contributed by atoms with van der Waals surface area (Å²) in [5.74, 6) is 0.216. The lowest BCUT2D eigenvalue weighted by Gasteiger charge is -2.25. The summed E-state index contributed by atoms with van der Waals surface area (Å²) in [7, 11) is 0. The molecule has 0 aliphatic carbocycles. The fraction of sp³-hybridized carbons (Fsp3) is 0.857. The number of hydrogen-bond donors (Lipinski definition) is 0. The Bertz CT molecular complexity index is 287. The van der Waals surface area contributed by atoms with Crippen LogP contribution in [0.25, 0.3) is 0 Å². The number of rotatable bonds is 10. The molecule has 0 amide bonds. The van der Waals surface area contributed by atoms with E-state index in [-0.39, 0.29) is 18.4 Å². The number of carbonyl (C=O) groups is 2. The summed E-state index contributed by atoms with van der Waals surface area (Å²) in [5, 5.41) is -0.519. The molecule has 0 radical (unpaired) electrons. The van der Waals surface area contributed by atoms with Gasteiger partial charge in [-0.1, -0.05) is 13.8 Å². The predicted molar refractivity (Wildman–Crippen MR) is 75.2 cm³/mol. The normalized spacial score (nSPS) is 11.7. The van der Waals surface area contributed by atoms with Crippen molar-refractivity contribution in [3.05, 3.63) is 0 Å². The van der Waals surface area contributed by atoms with Gasteiger partial charge in [0, 0.05) is 19.4 Å². The molecule has 0 fully saturated rings. The van der Waals surface area contributed by atoms with Crippen LogP contribution in [0.5, 0.6) is 0 Å².